The number of rotatable bonds is 4. The highest BCUT2D eigenvalue weighted by molar-refractivity contribution is 6.21. The molecule has 3 heteroatoms. The number of aromatic nitrogens is 1. The van der Waals surface area contributed by atoms with Crippen molar-refractivity contribution in [2.75, 3.05) is 0 Å². The molecule has 0 unspecified atom stereocenters. The Balaban J connectivity index is 1.34. The summed E-state index contributed by atoms with van der Waals surface area (Å²) in [5.74, 6) is 0. The van der Waals surface area contributed by atoms with Gasteiger partial charge in [-0.05, 0) is 86.3 Å². The second-order valence-corrected chi connectivity index (χ2v) is 12.3. The number of hydrogen-bond donors (Lipinski definition) is 0. The SMILES string of the molecule is N#Cc1ccc2c(c1)c1ccccc1n2-c1ccccc1-c1cc(-c2c3ccccc3c(-c3ccccc3)c3ccccc23)ccc1C#N. The molecular weight excluding hydrogens is 595 g/mol. The number of nitriles is 2. The van der Waals surface area contributed by atoms with E-state index in [4.69, 9.17) is 0 Å². The molecule has 0 saturated carbocycles. The van der Waals surface area contributed by atoms with E-state index < -0.39 is 0 Å². The molecule has 1 aromatic heterocycles. The summed E-state index contributed by atoms with van der Waals surface area (Å²) in [6.45, 7) is 0. The van der Waals surface area contributed by atoms with E-state index in [0.29, 0.717) is 11.1 Å². The second-order valence-electron chi connectivity index (χ2n) is 12.3. The molecule has 0 radical (unpaired) electrons. The van der Waals surface area contributed by atoms with Crippen LogP contribution >= 0.6 is 0 Å². The number of nitrogens with zero attached hydrogens (tertiary/aromatic N) is 3. The normalized spacial score (nSPS) is 11.2. The van der Waals surface area contributed by atoms with E-state index in [2.05, 4.69) is 132 Å². The fraction of sp³-hybridized carbons (Fsp3) is 0. The summed E-state index contributed by atoms with van der Waals surface area (Å²) in [4.78, 5) is 0. The zero-order chi connectivity index (χ0) is 32.9. The molecule has 0 saturated heterocycles. The summed E-state index contributed by atoms with van der Waals surface area (Å²) in [7, 11) is 0. The maximum Gasteiger partial charge on any atom is 0.0998 e. The van der Waals surface area contributed by atoms with E-state index in [1.165, 1.54) is 32.7 Å². The summed E-state index contributed by atoms with van der Waals surface area (Å²) in [5.41, 5.74) is 10.7. The van der Waals surface area contributed by atoms with Crippen molar-refractivity contribution < 1.29 is 0 Å². The summed E-state index contributed by atoms with van der Waals surface area (Å²) in [6.07, 6.45) is 0. The molecule has 0 aliphatic carbocycles. The average molecular weight is 622 g/mol. The van der Waals surface area contributed by atoms with Crippen molar-refractivity contribution >= 4 is 43.4 Å². The van der Waals surface area contributed by atoms with Crippen molar-refractivity contribution in [3.05, 3.63) is 175 Å². The van der Waals surface area contributed by atoms with Crippen LogP contribution in [0.2, 0.25) is 0 Å². The van der Waals surface area contributed by atoms with Crippen LogP contribution in [0.1, 0.15) is 11.1 Å². The molecule has 0 N–H and O–H groups in total. The van der Waals surface area contributed by atoms with E-state index in [0.717, 1.165) is 49.7 Å². The van der Waals surface area contributed by atoms with E-state index in [1.54, 1.807) is 0 Å². The Labute approximate surface area is 283 Å². The molecule has 8 aromatic carbocycles. The molecule has 3 nitrogen and oxygen atoms in total. The predicted molar refractivity (Wildman–Crippen MR) is 202 cm³/mol. The lowest BCUT2D eigenvalue weighted by Crippen LogP contribution is -1.99. The first-order valence-corrected chi connectivity index (χ1v) is 16.3. The average Bonchev–Trinajstić information content (AvgIpc) is 3.50. The molecule has 0 atom stereocenters. The Morgan fingerprint density at radius 1 is 0.388 bits per heavy atom. The van der Waals surface area contributed by atoms with Crippen LogP contribution in [0.4, 0.5) is 0 Å². The highest BCUT2D eigenvalue weighted by atomic mass is 15.0. The Hall–Kier alpha value is -6.94. The molecule has 0 amide bonds. The van der Waals surface area contributed by atoms with Gasteiger partial charge in [0.15, 0.2) is 0 Å². The lowest BCUT2D eigenvalue weighted by Gasteiger charge is -2.19. The Morgan fingerprint density at radius 3 is 1.63 bits per heavy atom. The molecule has 9 aromatic rings. The quantitative estimate of drug-likeness (QED) is 0.184. The largest absolute Gasteiger partial charge is 0.309 e. The summed E-state index contributed by atoms with van der Waals surface area (Å²) < 4.78 is 2.26. The maximum absolute atomic E-state index is 10.5. The van der Waals surface area contributed by atoms with Crippen LogP contribution in [0.25, 0.3) is 82.4 Å². The molecule has 1 heterocycles. The van der Waals surface area contributed by atoms with E-state index in [9.17, 15) is 10.5 Å². The maximum atomic E-state index is 10.5. The minimum absolute atomic E-state index is 0.609. The summed E-state index contributed by atoms with van der Waals surface area (Å²) in [6, 6.07) is 61.4. The zero-order valence-corrected chi connectivity index (χ0v) is 26.4. The molecule has 0 aliphatic rings. The van der Waals surface area contributed by atoms with Gasteiger partial charge < -0.3 is 4.57 Å². The van der Waals surface area contributed by atoms with Crippen LogP contribution in [-0.2, 0) is 0 Å². The molecule has 49 heavy (non-hydrogen) atoms. The standard InChI is InChI=1S/C46H27N3/c47-28-30-22-25-44-41(26-30)35-15-9-11-21-43(35)49(44)42-20-10-8-14-34(42)40-27-32(23-24-33(40)29-48)46-38-18-6-4-16-36(38)45(31-12-2-1-3-13-31)37-17-5-7-19-39(37)46/h1-27H. The minimum Gasteiger partial charge on any atom is -0.309 e. The van der Waals surface area contributed by atoms with Crippen LogP contribution in [-0.4, -0.2) is 4.57 Å². The molecule has 0 spiro atoms. The van der Waals surface area contributed by atoms with E-state index >= 15 is 0 Å². The number of hydrogen-bond acceptors (Lipinski definition) is 2. The van der Waals surface area contributed by atoms with Gasteiger partial charge in [-0.25, -0.2) is 0 Å². The third-order valence-corrected chi connectivity index (χ3v) is 9.66. The van der Waals surface area contributed by atoms with Crippen LogP contribution in [0, 0.1) is 22.7 Å². The number of benzene rings is 8. The van der Waals surface area contributed by atoms with Crippen molar-refractivity contribution in [2.24, 2.45) is 0 Å². The molecule has 9 rings (SSSR count). The third-order valence-electron chi connectivity index (χ3n) is 9.66. The lowest BCUT2D eigenvalue weighted by molar-refractivity contribution is 1.18. The first-order valence-electron chi connectivity index (χ1n) is 16.3. The van der Waals surface area contributed by atoms with Crippen LogP contribution in [0.3, 0.4) is 0 Å². The minimum atomic E-state index is 0.609. The smallest absolute Gasteiger partial charge is 0.0998 e. The van der Waals surface area contributed by atoms with Crippen LogP contribution in [0.15, 0.2) is 164 Å². The van der Waals surface area contributed by atoms with E-state index in [-0.39, 0.29) is 0 Å². The number of para-hydroxylation sites is 2. The van der Waals surface area contributed by atoms with Crippen molar-refractivity contribution in [2.45, 2.75) is 0 Å². The highest BCUT2D eigenvalue weighted by Crippen LogP contribution is 2.45. The van der Waals surface area contributed by atoms with Crippen molar-refractivity contribution in [3.63, 3.8) is 0 Å². The van der Waals surface area contributed by atoms with Gasteiger partial charge in [0.1, 0.15) is 0 Å². The van der Waals surface area contributed by atoms with Gasteiger partial charge in [-0.2, -0.15) is 10.5 Å². The Kier molecular flexibility index (Phi) is 6.58. The second kappa shape index (κ2) is 11.4. The van der Waals surface area contributed by atoms with Gasteiger partial charge in [-0.15, -0.1) is 0 Å². The number of fused-ring (bicyclic) bond motifs is 5. The molecular formula is C46H27N3. The third kappa shape index (κ3) is 4.42. The van der Waals surface area contributed by atoms with E-state index in [1.807, 2.05) is 48.5 Å². The van der Waals surface area contributed by atoms with Crippen molar-refractivity contribution in [3.8, 4) is 51.2 Å². The molecule has 0 fully saturated rings. The first-order chi connectivity index (χ1) is 24.2. The molecule has 226 valence electrons. The topological polar surface area (TPSA) is 52.5 Å². The van der Waals surface area contributed by atoms with Crippen molar-refractivity contribution in [1.29, 1.82) is 10.5 Å². The first kappa shape index (κ1) is 28.3. The van der Waals surface area contributed by atoms with Gasteiger partial charge >= 0.3 is 0 Å². The van der Waals surface area contributed by atoms with Gasteiger partial charge in [0.05, 0.1) is 40.0 Å². The van der Waals surface area contributed by atoms with Crippen molar-refractivity contribution in [1.82, 2.24) is 4.57 Å². The Morgan fingerprint density at radius 2 is 0.959 bits per heavy atom. The van der Waals surface area contributed by atoms with Gasteiger partial charge in [0.2, 0.25) is 0 Å². The highest BCUT2D eigenvalue weighted by Gasteiger charge is 2.20. The summed E-state index contributed by atoms with van der Waals surface area (Å²) >= 11 is 0. The van der Waals surface area contributed by atoms with Gasteiger partial charge in [0, 0.05) is 21.9 Å². The zero-order valence-electron chi connectivity index (χ0n) is 26.4. The monoisotopic (exact) mass is 621 g/mol. The molecule has 0 bridgehead atoms. The fourth-order valence-corrected chi connectivity index (χ4v) is 7.57. The van der Waals surface area contributed by atoms with Crippen LogP contribution in [0.5, 0.6) is 0 Å². The summed E-state index contributed by atoms with van der Waals surface area (Å²) in [5, 5.41) is 27.0. The molecule has 0 aliphatic heterocycles. The Bertz CT molecular complexity index is 2790. The lowest BCUT2D eigenvalue weighted by atomic mass is 9.85. The van der Waals surface area contributed by atoms with Gasteiger partial charge in [0.25, 0.3) is 0 Å². The van der Waals surface area contributed by atoms with Gasteiger partial charge in [-0.1, -0.05) is 121 Å². The van der Waals surface area contributed by atoms with Gasteiger partial charge in [-0.3, -0.25) is 0 Å². The fourth-order valence-electron chi connectivity index (χ4n) is 7.57. The van der Waals surface area contributed by atoms with Crippen LogP contribution < -0.4 is 0 Å². The predicted octanol–water partition coefficient (Wildman–Crippen LogP) is 11.8.